The number of carboxylic acids is 1. The third kappa shape index (κ3) is 4.12. The highest BCUT2D eigenvalue weighted by molar-refractivity contribution is 5.83. The van der Waals surface area contributed by atoms with Gasteiger partial charge in [-0.05, 0) is 5.56 Å². The monoisotopic (exact) mass is 237 g/mol. The van der Waals surface area contributed by atoms with Crippen LogP contribution in [0.1, 0.15) is 11.6 Å². The number of nitrogens with two attached hydrogens (primary N) is 1. The number of aliphatic carboxylic acids is 1. The molecule has 92 valence electrons. The number of carbonyl (C=O) groups is 2. The van der Waals surface area contributed by atoms with Crippen molar-refractivity contribution < 1.29 is 14.7 Å². The molecule has 1 aromatic carbocycles. The Morgan fingerprint density at radius 3 is 2.47 bits per heavy atom. The Morgan fingerprint density at radius 2 is 1.94 bits per heavy atom. The van der Waals surface area contributed by atoms with Crippen LogP contribution in [-0.2, 0) is 4.79 Å². The van der Waals surface area contributed by atoms with Gasteiger partial charge in [0.1, 0.15) is 0 Å². The van der Waals surface area contributed by atoms with Crippen molar-refractivity contribution in [2.45, 2.75) is 6.04 Å². The largest absolute Gasteiger partial charge is 0.479 e. The minimum Gasteiger partial charge on any atom is -0.479 e. The molecule has 0 heterocycles. The normalized spacial score (nSPS) is 11.6. The fraction of sp³-hybridized carbons (Fsp3) is 0.273. The van der Waals surface area contributed by atoms with Gasteiger partial charge in [-0.25, -0.2) is 9.59 Å². The number of amides is 2. The molecular formula is C11H15N3O3. The van der Waals surface area contributed by atoms with E-state index in [9.17, 15) is 9.59 Å². The SMILES string of the molecule is NCCNC(=O)N[C@H](C(=O)O)c1ccccc1. The molecule has 0 aliphatic carbocycles. The van der Waals surface area contributed by atoms with E-state index in [1.54, 1.807) is 30.3 Å². The van der Waals surface area contributed by atoms with Crippen molar-refractivity contribution in [3.05, 3.63) is 35.9 Å². The Morgan fingerprint density at radius 1 is 1.29 bits per heavy atom. The smallest absolute Gasteiger partial charge is 0.330 e. The molecular weight excluding hydrogens is 222 g/mol. The van der Waals surface area contributed by atoms with E-state index in [1.807, 2.05) is 0 Å². The van der Waals surface area contributed by atoms with Gasteiger partial charge in [-0.15, -0.1) is 0 Å². The first-order chi connectivity index (χ1) is 8.15. The first-order valence-electron chi connectivity index (χ1n) is 5.17. The van der Waals surface area contributed by atoms with E-state index >= 15 is 0 Å². The number of urea groups is 1. The van der Waals surface area contributed by atoms with Crippen LogP contribution >= 0.6 is 0 Å². The number of benzene rings is 1. The van der Waals surface area contributed by atoms with E-state index in [1.165, 1.54) is 0 Å². The van der Waals surface area contributed by atoms with Crippen LogP contribution in [0.25, 0.3) is 0 Å². The Kier molecular flexibility index (Phi) is 4.96. The van der Waals surface area contributed by atoms with E-state index in [0.717, 1.165) is 0 Å². The van der Waals surface area contributed by atoms with Crippen molar-refractivity contribution >= 4 is 12.0 Å². The van der Waals surface area contributed by atoms with Gasteiger partial charge in [0.25, 0.3) is 0 Å². The Hall–Kier alpha value is -2.08. The van der Waals surface area contributed by atoms with Crippen LogP contribution in [-0.4, -0.2) is 30.2 Å². The standard InChI is InChI=1S/C11H15N3O3/c12-6-7-13-11(17)14-9(10(15)16)8-4-2-1-3-5-8/h1-5,9H,6-7,12H2,(H,15,16)(H2,13,14,17)/t9-/m0/s1. The molecule has 0 aromatic heterocycles. The maximum Gasteiger partial charge on any atom is 0.330 e. The summed E-state index contributed by atoms with van der Waals surface area (Å²) in [6.07, 6.45) is 0. The van der Waals surface area contributed by atoms with Crippen LogP contribution in [0.2, 0.25) is 0 Å². The predicted octanol–water partition coefficient (Wildman–Crippen LogP) is 0.0702. The second-order valence-electron chi connectivity index (χ2n) is 3.37. The molecule has 1 rings (SSSR count). The summed E-state index contributed by atoms with van der Waals surface area (Å²) >= 11 is 0. The van der Waals surface area contributed by atoms with Gasteiger partial charge in [0.2, 0.25) is 0 Å². The van der Waals surface area contributed by atoms with Gasteiger partial charge in [-0.3, -0.25) is 0 Å². The molecule has 0 saturated heterocycles. The van der Waals surface area contributed by atoms with Crippen molar-refractivity contribution in [2.75, 3.05) is 13.1 Å². The summed E-state index contributed by atoms with van der Waals surface area (Å²) in [5, 5.41) is 13.8. The molecule has 0 saturated carbocycles. The fourth-order valence-electron chi connectivity index (χ4n) is 1.30. The molecule has 0 aliphatic rings. The molecule has 0 radical (unpaired) electrons. The number of hydrogen-bond acceptors (Lipinski definition) is 3. The third-order valence-corrected chi connectivity index (χ3v) is 2.09. The first-order valence-corrected chi connectivity index (χ1v) is 5.17. The Balaban J connectivity index is 2.68. The second-order valence-corrected chi connectivity index (χ2v) is 3.37. The molecule has 0 spiro atoms. The summed E-state index contributed by atoms with van der Waals surface area (Å²) in [7, 11) is 0. The van der Waals surface area contributed by atoms with E-state index in [4.69, 9.17) is 10.8 Å². The molecule has 1 aromatic rings. The minimum atomic E-state index is -1.11. The third-order valence-electron chi connectivity index (χ3n) is 2.09. The van der Waals surface area contributed by atoms with E-state index in [0.29, 0.717) is 18.7 Å². The highest BCUT2D eigenvalue weighted by Crippen LogP contribution is 2.12. The number of nitrogens with one attached hydrogen (secondary N) is 2. The van der Waals surface area contributed by atoms with Crippen molar-refractivity contribution in [3.63, 3.8) is 0 Å². The molecule has 1 atom stereocenters. The van der Waals surface area contributed by atoms with Crippen LogP contribution in [0.3, 0.4) is 0 Å². The summed E-state index contributed by atoms with van der Waals surface area (Å²) in [5.74, 6) is -1.11. The summed E-state index contributed by atoms with van der Waals surface area (Å²) in [5.41, 5.74) is 5.74. The topological polar surface area (TPSA) is 104 Å². The van der Waals surface area contributed by atoms with Crippen molar-refractivity contribution in [2.24, 2.45) is 5.73 Å². The molecule has 2 amide bonds. The van der Waals surface area contributed by atoms with Crippen LogP contribution in [0.15, 0.2) is 30.3 Å². The van der Waals surface area contributed by atoms with Gasteiger partial charge in [0.05, 0.1) is 0 Å². The molecule has 6 nitrogen and oxygen atoms in total. The minimum absolute atomic E-state index is 0.299. The van der Waals surface area contributed by atoms with Gasteiger partial charge in [-0.2, -0.15) is 0 Å². The Bertz CT molecular complexity index is 381. The quantitative estimate of drug-likeness (QED) is 0.581. The number of rotatable bonds is 5. The second kappa shape index (κ2) is 6.49. The molecule has 6 heteroatoms. The lowest BCUT2D eigenvalue weighted by molar-refractivity contribution is -0.139. The van der Waals surface area contributed by atoms with Crippen LogP contribution < -0.4 is 16.4 Å². The molecule has 0 unspecified atom stereocenters. The van der Waals surface area contributed by atoms with E-state index in [2.05, 4.69) is 10.6 Å². The lowest BCUT2D eigenvalue weighted by atomic mass is 10.1. The molecule has 0 fully saturated rings. The fourth-order valence-corrected chi connectivity index (χ4v) is 1.30. The first kappa shape index (κ1) is 13.0. The van der Waals surface area contributed by atoms with E-state index < -0.39 is 18.0 Å². The Labute approximate surface area is 98.8 Å². The number of carbonyl (C=O) groups excluding carboxylic acids is 1. The summed E-state index contributed by atoms with van der Waals surface area (Å²) in [4.78, 5) is 22.4. The van der Waals surface area contributed by atoms with Gasteiger partial charge in [0.15, 0.2) is 6.04 Å². The van der Waals surface area contributed by atoms with Crippen molar-refractivity contribution in [1.29, 1.82) is 0 Å². The van der Waals surface area contributed by atoms with Gasteiger partial charge < -0.3 is 21.5 Å². The number of hydrogen-bond donors (Lipinski definition) is 4. The van der Waals surface area contributed by atoms with Gasteiger partial charge >= 0.3 is 12.0 Å². The maximum atomic E-state index is 11.3. The van der Waals surface area contributed by atoms with Crippen molar-refractivity contribution in [1.82, 2.24) is 10.6 Å². The maximum absolute atomic E-state index is 11.3. The van der Waals surface area contributed by atoms with Gasteiger partial charge in [-0.1, -0.05) is 30.3 Å². The van der Waals surface area contributed by atoms with Crippen LogP contribution in [0, 0.1) is 0 Å². The zero-order chi connectivity index (χ0) is 12.7. The molecule has 0 aliphatic heterocycles. The summed E-state index contributed by atoms with van der Waals surface area (Å²) in [6.45, 7) is 0.601. The van der Waals surface area contributed by atoms with Crippen molar-refractivity contribution in [3.8, 4) is 0 Å². The average molecular weight is 237 g/mol. The highest BCUT2D eigenvalue weighted by atomic mass is 16.4. The predicted molar refractivity (Wildman–Crippen MR) is 62.4 cm³/mol. The van der Waals surface area contributed by atoms with E-state index in [-0.39, 0.29) is 0 Å². The summed E-state index contributed by atoms with van der Waals surface area (Å²) < 4.78 is 0. The molecule has 0 bridgehead atoms. The van der Waals surface area contributed by atoms with Gasteiger partial charge in [0, 0.05) is 13.1 Å². The number of carboxylic acid groups (broad SMARTS) is 1. The van der Waals surface area contributed by atoms with Crippen LogP contribution in [0.5, 0.6) is 0 Å². The summed E-state index contributed by atoms with van der Waals surface area (Å²) in [6, 6.07) is 6.87. The van der Waals surface area contributed by atoms with Crippen LogP contribution in [0.4, 0.5) is 4.79 Å². The zero-order valence-electron chi connectivity index (χ0n) is 9.22. The zero-order valence-corrected chi connectivity index (χ0v) is 9.22. The molecule has 5 N–H and O–H groups in total. The lowest BCUT2D eigenvalue weighted by Crippen LogP contribution is -2.42. The highest BCUT2D eigenvalue weighted by Gasteiger charge is 2.21. The average Bonchev–Trinajstić information content (AvgIpc) is 2.34. The lowest BCUT2D eigenvalue weighted by Gasteiger charge is -2.15. The molecule has 17 heavy (non-hydrogen) atoms.